The molecule has 1 amide bonds. The van der Waals surface area contributed by atoms with E-state index in [0.29, 0.717) is 23.5 Å². The van der Waals surface area contributed by atoms with Gasteiger partial charge in [-0.25, -0.2) is 4.68 Å². The average Bonchev–Trinajstić information content (AvgIpc) is 2.89. The Balaban J connectivity index is 1.84. The normalized spacial score (nSPS) is 10.8. The smallest absolute Gasteiger partial charge is 0.280 e. The molecular formula is C29H29N3O2. The molecule has 1 heterocycles. The Bertz CT molecular complexity index is 1310. The molecule has 0 atom stereocenters. The van der Waals surface area contributed by atoms with E-state index >= 15 is 0 Å². The Kier molecular flexibility index (Phi) is 7.33. The van der Waals surface area contributed by atoms with Crippen LogP contribution in [0.4, 0.5) is 5.69 Å². The summed E-state index contributed by atoms with van der Waals surface area (Å²) in [6, 6.07) is 27.0. The quantitative estimate of drug-likeness (QED) is 0.347. The molecule has 0 fully saturated rings. The van der Waals surface area contributed by atoms with Gasteiger partial charge in [-0.1, -0.05) is 86.1 Å². The van der Waals surface area contributed by atoms with Gasteiger partial charge in [-0.3, -0.25) is 9.59 Å². The molecule has 0 aliphatic rings. The molecule has 0 saturated carbocycles. The van der Waals surface area contributed by atoms with Gasteiger partial charge >= 0.3 is 0 Å². The Morgan fingerprint density at radius 3 is 2.06 bits per heavy atom. The lowest BCUT2D eigenvalue weighted by Crippen LogP contribution is -2.32. The van der Waals surface area contributed by atoms with Crippen LogP contribution in [0.1, 0.15) is 42.6 Å². The summed E-state index contributed by atoms with van der Waals surface area (Å²) in [7, 11) is 0. The molecule has 5 heteroatoms. The predicted octanol–water partition coefficient (Wildman–Crippen LogP) is 6.19. The van der Waals surface area contributed by atoms with Gasteiger partial charge in [-0.15, -0.1) is 0 Å². The summed E-state index contributed by atoms with van der Waals surface area (Å²) in [6.45, 7) is 4.38. The third-order valence-corrected chi connectivity index (χ3v) is 5.82. The first-order valence-electron chi connectivity index (χ1n) is 11.8. The molecule has 0 unspecified atom stereocenters. The molecule has 4 rings (SSSR count). The van der Waals surface area contributed by atoms with Crippen molar-refractivity contribution in [2.75, 3.05) is 5.32 Å². The van der Waals surface area contributed by atoms with Gasteiger partial charge in [0.15, 0.2) is 0 Å². The molecule has 34 heavy (non-hydrogen) atoms. The van der Waals surface area contributed by atoms with Crippen LogP contribution < -0.4 is 10.9 Å². The Morgan fingerprint density at radius 2 is 1.47 bits per heavy atom. The summed E-state index contributed by atoms with van der Waals surface area (Å²) in [5.74, 6) is -0.438. The molecule has 1 N–H and O–H groups in total. The van der Waals surface area contributed by atoms with Crippen molar-refractivity contribution in [2.24, 2.45) is 0 Å². The summed E-state index contributed by atoms with van der Waals surface area (Å²) >= 11 is 0. The van der Waals surface area contributed by atoms with E-state index in [1.807, 2.05) is 91.9 Å². The molecule has 0 radical (unpaired) electrons. The SMILES string of the molecule is CCCCc1ccc(NC(=O)c2c(-c3ccccc3)c(-c3ccccc3)nn(CC)c2=O)cc1. The van der Waals surface area contributed by atoms with Crippen molar-refractivity contribution in [1.29, 1.82) is 0 Å². The number of carbonyl (C=O) groups is 1. The van der Waals surface area contributed by atoms with Gasteiger partial charge in [-0.05, 0) is 43.0 Å². The van der Waals surface area contributed by atoms with Gasteiger partial charge in [0.1, 0.15) is 5.56 Å². The van der Waals surface area contributed by atoms with Crippen molar-refractivity contribution in [3.63, 3.8) is 0 Å². The Labute approximate surface area is 200 Å². The van der Waals surface area contributed by atoms with Crippen molar-refractivity contribution in [3.05, 3.63) is 106 Å². The largest absolute Gasteiger partial charge is 0.322 e. The number of amides is 1. The lowest BCUT2D eigenvalue weighted by atomic mass is 9.95. The highest BCUT2D eigenvalue weighted by molar-refractivity contribution is 6.10. The number of rotatable bonds is 8. The third-order valence-electron chi connectivity index (χ3n) is 5.82. The molecule has 0 bridgehead atoms. The second-order valence-corrected chi connectivity index (χ2v) is 8.21. The number of carbonyl (C=O) groups excluding carboxylic acids is 1. The molecule has 0 aliphatic carbocycles. The first kappa shape index (κ1) is 23.2. The zero-order valence-electron chi connectivity index (χ0n) is 19.6. The van der Waals surface area contributed by atoms with Crippen LogP contribution in [0.2, 0.25) is 0 Å². The number of unbranched alkanes of at least 4 members (excludes halogenated alkanes) is 1. The van der Waals surface area contributed by atoms with Crippen LogP contribution in [-0.2, 0) is 13.0 Å². The van der Waals surface area contributed by atoms with Gasteiger partial charge in [0.25, 0.3) is 11.5 Å². The minimum absolute atomic E-state index is 0.0944. The van der Waals surface area contributed by atoms with Crippen LogP contribution in [-0.4, -0.2) is 15.7 Å². The van der Waals surface area contributed by atoms with Crippen LogP contribution >= 0.6 is 0 Å². The number of nitrogens with one attached hydrogen (secondary N) is 1. The third kappa shape index (κ3) is 4.99. The fourth-order valence-corrected chi connectivity index (χ4v) is 4.01. The zero-order chi connectivity index (χ0) is 23.9. The molecule has 1 aromatic heterocycles. The first-order chi connectivity index (χ1) is 16.6. The van der Waals surface area contributed by atoms with Crippen molar-refractivity contribution in [1.82, 2.24) is 9.78 Å². The van der Waals surface area contributed by atoms with E-state index in [1.165, 1.54) is 10.2 Å². The highest BCUT2D eigenvalue weighted by atomic mass is 16.2. The first-order valence-corrected chi connectivity index (χ1v) is 11.8. The summed E-state index contributed by atoms with van der Waals surface area (Å²) in [5.41, 5.74) is 4.34. The maximum absolute atomic E-state index is 13.6. The molecule has 0 spiro atoms. The van der Waals surface area contributed by atoms with E-state index in [1.54, 1.807) is 0 Å². The minimum atomic E-state index is -0.438. The minimum Gasteiger partial charge on any atom is -0.322 e. The number of hydrogen-bond acceptors (Lipinski definition) is 3. The zero-order valence-corrected chi connectivity index (χ0v) is 19.6. The van der Waals surface area contributed by atoms with Crippen LogP contribution in [0.15, 0.2) is 89.7 Å². The highest BCUT2D eigenvalue weighted by Crippen LogP contribution is 2.32. The van der Waals surface area contributed by atoms with E-state index in [4.69, 9.17) is 0 Å². The van der Waals surface area contributed by atoms with Gasteiger partial charge < -0.3 is 5.32 Å². The molecule has 3 aromatic carbocycles. The lowest BCUT2D eigenvalue weighted by molar-refractivity contribution is 0.102. The van der Waals surface area contributed by atoms with E-state index < -0.39 is 11.5 Å². The van der Waals surface area contributed by atoms with Crippen LogP contribution in [0.25, 0.3) is 22.4 Å². The maximum Gasteiger partial charge on any atom is 0.280 e. The number of hydrogen-bond donors (Lipinski definition) is 1. The van der Waals surface area contributed by atoms with E-state index in [0.717, 1.165) is 30.4 Å². The molecule has 0 aliphatic heterocycles. The number of aryl methyl sites for hydroxylation is 2. The van der Waals surface area contributed by atoms with E-state index in [2.05, 4.69) is 17.3 Å². The summed E-state index contributed by atoms with van der Waals surface area (Å²) < 4.78 is 1.36. The maximum atomic E-state index is 13.6. The topological polar surface area (TPSA) is 64.0 Å². The molecule has 172 valence electrons. The number of benzene rings is 3. The van der Waals surface area contributed by atoms with Crippen LogP contribution in [0, 0.1) is 0 Å². The van der Waals surface area contributed by atoms with Crippen molar-refractivity contribution < 1.29 is 4.79 Å². The van der Waals surface area contributed by atoms with Crippen LogP contribution in [0.5, 0.6) is 0 Å². The van der Waals surface area contributed by atoms with Gasteiger partial charge in [0.05, 0.1) is 5.69 Å². The Hall–Kier alpha value is -3.99. The second-order valence-electron chi connectivity index (χ2n) is 8.21. The molecule has 5 nitrogen and oxygen atoms in total. The monoisotopic (exact) mass is 451 g/mol. The molecule has 4 aromatic rings. The van der Waals surface area contributed by atoms with Crippen molar-refractivity contribution in [2.45, 2.75) is 39.7 Å². The predicted molar refractivity (Wildman–Crippen MR) is 138 cm³/mol. The number of nitrogens with zero attached hydrogens (tertiary/aromatic N) is 2. The number of anilines is 1. The standard InChI is InChI=1S/C29H29N3O2/c1-3-5-12-21-17-19-24(20-18-21)30-28(33)26-25(22-13-8-6-9-14-22)27(23-15-10-7-11-16-23)31-32(4-2)29(26)34/h6-11,13-20H,3-5,12H2,1-2H3,(H,30,33). The fourth-order valence-electron chi connectivity index (χ4n) is 4.01. The second kappa shape index (κ2) is 10.8. The van der Waals surface area contributed by atoms with E-state index in [9.17, 15) is 9.59 Å². The summed E-state index contributed by atoms with van der Waals surface area (Å²) in [6.07, 6.45) is 3.27. The fraction of sp³-hybridized carbons (Fsp3) is 0.207. The Morgan fingerprint density at radius 1 is 0.853 bits per heavy atom. The molecule has 0 saturated heterocycles. The van der Waals surface area contributed by atoms with Gasteiger partial charge in [0.2, 0.25) is 0 Å². The summed E-state index contributed by atoms with van der Waals surface area (Å²) in [5, 5.41) is 7.59. The van der Waals surface area contributed by atoms with Gasteiger partial charge in [-0.2, -0.15) is 5.10 Å². The lowest BCUT2D eigenvalue weighted by Gasteiger charge is -2.17. The summed E-state index contributed by atoms with van der Waals surface area (Å²) in [4.78, 5) is 27.0. The number of aromatic nitrogens is 2. The van der Waals surface area contributed by atoms with E-state index in [-0.39, 0.29) is 5.56 Å². The van der Waals surface area contributed by atoms with Crippen LogP contribution in [0.3, 0.4) is 0 Å². The highest BCUT2D eigenvalue weighted by Gasteiger charge is 2.25. The van der Waals surface area contributed by atoms with Crippen molar-refractivity contribution in [3.8, 4) is 22.4 Å². The molecular weight excluding hydrogens is 422 g/mol. The van der Waals surface area contributed by atoms with Gasteiger partial charge in [0, 0.05) is 23.4 Å². The van der Waals surface area contributed by atoms with Crippen molar-refractivity contribution >= 4 is 11.6 Å². The average molecular weight is 452 g/mol.